The van der Waals surface area contributed by atoms with Crippen LogP contribution in [0.15, 0.2) is 23.1 Å². The summed E-state index contributed by atoms with van der Waals surface area (Å²) in [6.45, 7) is 8.69. The fourth-order valence-corrected chi connectivity index (χ4v) is 3.13. The topological polar surface area (TPSA) is 63.4 Å². The van der Waals surface area contributed by atoms with E-state index in [9.17, 15) is 9.00 Å². The van der Waals surface area contributed by atoms with Crippen LogP contribution in [-0.4, -0.2) is 33.4 Å². The van der Waals surface area contributed by atoms with E-state index in [1.165, 1.54) is 0 Å². The molecule has 106 valence electrons. The van der Waals surface area contributed by atoms with Gasteiger partial charge in [0.05, 0.1) is 15.7 Å². The summed E-state index contributed by atoms with van der Waals surface area (Å²) in [6, 6.07) is 5.38. The summed E-state index contributed by atoms with van der Waals surface area (Å²) < 4.78 is 12.4. The smallest absolute Gasteiger partial charge is 0.238 e. The summed E-state index contributed by atoms with van der Waals surface area (Å²) in [6.07, 6.45) is 0. The van der Waals surface area contributed by atoms with E-state index in [1.807, 2.05) is 26.8 Å². The second kappa shape index (κ2) is 6.70. The molecule has 2 atom stereocenters. The lowest BCUT2D eigenvalue weighted by Crippen LogP contribution is -2.39. The number of carbonyl (C=O) groups excluding carboxylic acids is 1. The molecular formula is C14H22N2O2S. The zero-order valence-corrected chi connectivity index (χ0v) is 12.8. The van der Waals surface area contributed by atoms with Gasteiger partial charge >= 0.3 is 0 Å². The SMILES string of the molecule is CCN(CC)C(=O)C(C)S(=O)c1ccc(C)cc1N. The van der Waals surface area contributed by atoms with Crippen LogP contribution >= 0.6 is 0 Å². The fourth-order valence-electron chi connectivity index (χ4n) is 1.93. The Morgan fingerprint density at radius 3 is 2.42 bits per heavy atom. The maximum Gasteiger partial charge on any atom is 0.238 e. The Kier molecular flexibility index (Phi) is 5.54. The number of anilines is 1. The molecule has 0 bridgehead atoms. The van der Waals surface area contributed by atoms with Gasteiger partial charge in [-0.2, -0.15) is 0 Å². The van der Waals surface area contributed by atoms with Gasteiger partial charge in [0.25, 0.3) is 0 Å². The molecule has 1 amide bonds. The molecule has 0 fully saturated rings. The van der Waals surface area contributed by atoms with Crippen LogP contribution in [0.25, 0.3) is 0 Å². The van der Waals surface area contributed by atoms with E-state index in [2.05, 4.69) is 0 Å². The van der Waals surface area contributed by atoms with Gasteiger partial charge in [-0.1, -0.05) is 6.07 Å². The van der Waals surface area contributed by atoms with Crippen molar-refractivity contribution in [1.29, 1.82) is 0 Å². The first-order chi connectivity index (χ1) is 8.92. The first-order valence-corrected chi connectivity index (χ1v) is 7.69. The predicted molar refractivity (Wildman–Crippen MR) is 79.4 cm³/mol. The van der Waals surface area contributed by atoms with Crippen molar-refractivity contribution in [2.45, 2.75) is 37.8 Å². The maximum atomic E-state index is 12.4. The van der Waals surface area contributed by atoms with Crippen molar-refractivity contribution in [2.24, 2.45) is 0 Å². The van der Waals surface area contributed by atoms with Crippen molar-refractivity contribution in [1.82, 2.24) is 4.90 Å². The molecule has 1 aromatic carbocycles. The van der Waals surface area contributed by atoms with Crippen molar-refractivity contribution in [3.8, 4) is 0 Å². The number of rotatable bonds is 5. The van der Waals surface area contributed by atoms with Crippen molar-refractivity contribution in [2.75, 3.05) is 18.8 Å². The maximum absolute atomic E-state index is 12.4. The Labute approximate surface area is 117 Å². The van der Waals surface area contributed by atoms with E-state index in [0.29, 0.717) is 23.7 Å². The van der Waals surface area contributed by atoms with Gasteiger partial charge in [0.15, 0.2) is 0 Å². The van der Waals surface area contributed by atoms with Gasteiger partial charge < -0.3 is 10.6 Å². The quantitative estimate of drug-likeness (QED) is 0.839. The number of hydrogen-bond acceptors (Lipinski definition) is 3. The first-order valence-electron chi connectivity index (χ1n) is 6.47. The van der Waals surface area contributed by atoms with Gasteiger partial charge in [0.2, 0.25) is 5.91 Å². The summed E-state index contributed by atoms with van der Waals surface area (Å²) in [4.78, 5) is 14.4. The number of carbonyl (C=O) groups is 1. The van der Waals surface area contributed by atoms with Crippen LogP contribution in [0.3, 0.4) is 0 Å². The first kappa shape index (κ1) is 15.7. The summed E-state index contributed by atoms with van der Waals surface area (Å²) in [5.74, 6) is -0.0942. The van der Waals surface area contributed by atoms with Gasteiger partial charge in [0, 0.05) is 18.8 Å². The number of nitrogen functional groups attached to an aromatic ring is 1. The van der Waals surface area contributed by atoms with Crippen LogP contribution in [0.2, 0.25) is 0 Å². The Morgan fingerprint density at radius 1 is 1.37 bits per heavy atom. The summed E-state index contributed by atoms with van der Waals surface area (Å²) in [5.41, 5.74) is 7.38. The van der Waals surface area contributed by atoms with Crippen molar-refractivity contribution >= 4 is 22.4 Å². The van der Waals surface area contributed by atoms with E-state index >= 15 is 0 Å². The largest absolute Gasteiger partial charge is 0.398 e. The van der Waals surface area contributed by atoms with Crippen LogP contribution in [-0.2, 0) is 15.6 Å². The molecule has 5 heteroatoms. The summed E-state index contributed by atoms with van der Waals surface area (Å²) in [5, 5.41) is -0.579. The molecule has 4 nitrogen and oxygen atoms in total. The van der Waals surface area contributed by atoms with Gasteiger partial charge in [-0.05, 0) is 45.4 Å². The molecule has 0 aliphatic carbocycles. The minimum atomic E-state index is -1.42. The second-order valence-electron chi connectivity index (χ2n) is 4.49. The Morgan fingerprint density at radius 2 is 1.95 bits per heavy atom. The highest BCUT2D eigenvalue weighted by atomic mass is 32.2. The molecule has 2 N–H and O–H groups in total. The molecule has 1 aromatic rings. The zero-order chi connectivity index (χ0) is 14.6. The molecule has 0 aliphatic heterocycles. The Hall–Kier alpha value is -1.36. The molecule has 0 radical (unpaired) electrons. The number of benzene rings is 1. The minimum Gasteiger partial charge on any atom is -0.398 e. The van der Waals surface area contributed by atoms with E-state index in [1.54, 1.807) is 24.0 Å². The molecule has 0 heterocycles. The molecule has 0 aliphatic rings. The van der Waals surface area contributed by atoms with Crippen molar-refractivity contribution in [3.63, 3.8) is 0 Å². The fraction of sp³-hybridized carbons (Fsp3) is 0.500. The lowest BCUT2D eigenvalue weighted by atomic mass is 10.2. The monoisotopic (exact) mass is 282 g/mol. The van der Waals surface area contributed by atoms with Crippen LogP contribution in [0.5, 0.6) is 0 Å². The van der Waals surface area contributed by atoms with Crippen LogP contribution in [0.4, 0.5) is 5.69 Å². The van der Waals surface area contributed by atoms with E-state index < -0.39 is 16.0 Å². The second-order valence-corrected chi connectivity index (χ2v) is 6.23. The van der Waals surface area contributed by atoms with Gasteiger partial charge in [0.1, 0.15) is 5.25 Å². The van der Waals surface area contributed by atoms with E-state index in [-0.39, 0.29) is 5.91 Å². The molecular weight excluding hydrogens is 260 g/mol. The molecule has 0 aromatic heterocycles. The van der Waals surface area contributed by atoms with E-state index in [4.69, 9.17) is 5.73 Å². The highest BCUT2D eigenvalue weighted by molar-refractivity contribution is 7.86. The highest BCUT2D eigenvalue weighted by Gasteiger charge is 2.25. The normalized spacial score (nSPS) is 13.9. The Balaban J connectivity index is 2.96. The average Bonchev–Trinajstić information content (AvgIpc) is 2.38. The van der Waals surface area contributed by atoms with Gasteiger partial charge in [-0.25, -0.2) is 0 Å². The van der Waals surface area contributed by atoms with Crippen molar-refractivity contribution < 1.29 is 9.00 Å². The third-order valence-corrected chi connectivity index (χ3v) is 4.78. The van der Waals surface area contributed by atoms with E-state index in [0.717, 1.165) is 5.56 Å². The molecule has 0 saturated heterocycles. The van der Waals surface area contributed by atoms with Crippen LogP contribution in [0.1, 0.15) is 26.3 Å². The predicted octanol–water partition coefficient (Wildman–Crippen LogP) is 1.94. The summed E-state index contributed by atoms with van der Waals surface area (Å²) in [7, 11) is -1.42. The number of nitrogens with two attached hydrogens (primary N) is 1. The number of hydrogen-bond donors (Lipinski definition) is 1. The lowest BCUT2D eigenvalue weighted by Gasteiger charge is -2.22. The summed E-state index contributed by atoms with van der Waals surface area (Å²) >= 11 is 0. The van der Waals surface area contributed by atoms with Crippen LogP contribution < -0.4 is 5.73 Å². The van der Waals surface area contributed by atoms with Crippen molar-refractivity contribution in [3.05, 3.63) is 23.8 Å². The number of nitrogens with zero attached hydrogens (tertiary/aromatic N) is 1. The third kappa shape index (κ3) is 3.56. The minimum absolute atomic E-state index is 0.0942. The van der Waals surface area contributed by atoms with Crippen LogP contribution in [0, 0.1) is 6.92 Å². The van der Waals surface area contributed by atoms with Gasteiger partial charge in [-0.15, -0.1) is 0 Å². The highest BCUT2D eigenvalue weighted by Crippen LogP contribution is 2.21. The molecule has 1 rings (SSSR count). The number of aryl methyl sites for hydroxylation is 1. The Bertz CT molecular complexity index is 484. The molecule has 2 unspecified atom stereocenters. The molecule has 19 heavy (non-hydrogen) atoms. The lowest BCUT2D eigenvalue weighted by molar-refractivity contribution is -0.129. The average molecular weight is 282 g/mol. The van der Waals surface area contributed by atoms with Gasteiger partial charge in [-0.3, -0.25) is 9.00 Å². The molecule has 0 spiro atoms. The third-order valence-electron chi connectivity index (χ3n) is 3.13. The zero-order valence-electron chi connectivity index (χ0n) is 12.0. The number of amides is 1. The molecule has 0 saturated carbocycles. The standard InChI is InChI=1S/C14H22N2O2S/c1-5-16(6-2)14(17)11(4)19(18)13-8-7-10(3)9-12(13)15/h7-9,11H,5-6,15H2,1-4H3.